The fourth-order valence-electron chi connectivity index (χ4n) is 4.22. The van der Waals surface area contributed by atoms with Gasteiger partial charge in [-0.1, -0.05) is 76.6 Å². The zero-order valence-corrected chi connectivity index (χ0v) is 24.1. The summed E-state index contributed by atoms with van der Waals surface area (Å²) in [5, 5.41) is 3.27. The quantitative estimate of drug-likeness (QED) is 0.408. The lowest BCUT2D eigenvalue weighted by molar-refractivity contribution is -0.139. The topological polar surface area (TPSA) is 86.8 Å². The van der Waals surface area contributed by atoms with Gasteiger partial charge in [-0.3, -0.25) is 13.9 Å². The van der Waals surface area contributed by atoms with Crippen LogP contribution in [0.3, 0.4) is 0 Å². The molecule has 0 saturated heterocycles. The molecule has 0 radical (unpaired) electrons. The van der Waals surface area contributed by atoms with Gasteiger partial charge in [0.05, 0.1) is 22.0 Å². The summed E-state index contributed by atoms with van der Waals surface area (Å²) < 4.78 is 27.2. The van der Waals surface area contributed by atoms with Crippen molar-refractivity contribution >= 4 is 66.7 Å². The molecule has 0 spiro atoms. The number of carbonyl (C=O) groups is 2. The van der Waals surface area contributed by atoms with E-state index in [4.69, 9.17) is 23.2 Å². The van der Waals surface area contributed by atoms with Gasteiger partial charge in [-0.25, -0.2) is 8.42 Å². The molecule has 1 aliphatic carbocycles. The second kappa shape index (κ2) is 12.6. The summed E-state index contributed by atoms with van der Waals surface area (Å²) >= 11 is 15.8. The first-order valence-electron chi connectivity index (χ1n) is 11.7. The van der Waals surface area contributed by atoms with Gasteiger partial charge in [0.25, 0.3) is 0 Å². The van der Waals surface area contributed by atoms with Gasteiger partial charge in [-0.2, -0.15) is 0 Å². The second-order valence-electron chi connectivity index (χ2n) is 9.01. The van der Waals surface area contributed by atoms with E-state index in [0.717, 1.165) is 52.7 Å². The van der Waals surface area contributed by atoms with E-state index in [-0.39, 0.29) is 34.2 Å². The van der Waals surface area contributed by atoms with Gasteiger partial charge < -0.3 is 10.2 Å². The summed E-state index contributed by atoms with van der Waals surface area (Å²) in [6, 6.07) is 11.2. The number of carbonyl (C=O) groups excluding carboxylic acids is 2. The van der Waals surface area contributed by atoms with Gasteiger partial charge in [0.2, 0.25) is 21.8 Å². The summed E-state index contributed by atoms with van der Waals surface area (Å²) in [6.07, 6.45) is 6.09. The normalized spacial score (nSPS) is 15.2. The van der Waals surface area contributed by atoms with Crippen molar-refractivity contribution in [2.24, 2.45) is 0 Å². The van der Waals surface area contributed by atoms with E-state index in [1.54, 1.807) is 13.0 Å². The zero-order chi connectivity index (χ0) is 26.5. The predicted octanol–water partition coefficient (Wildman–Crippen LogP) is 5.39. The maximum atomic E-state index is 13.6. The third kappa shape index (κ3) is 7.60. The second-order valence-corrected chi connectivity index (χ2v) is 12.6. The van der Waals surface area contributed by atoms with E-state index in [9.17, 15) is 18.0 Å². The minimum atomic E-state index is -3.90. The van der Waals surface area contributed by atoms with Crippen LogP contribution < -0.4 is 9.62 Å². The molecule has 1 unspecified atom stereocenters. The number of anilines is 1. The van der Waals surface area contributed by atoms with Crippen molar-refractivity contribution in [2.75, 3.05) is 17.1 Å². The first-order valence-corrected chi connectivity index (χ1v) is 15.1. The summed E-state index contributed by atoms with van der Waals surface area (Å²) in [4.78, 5) is 28.2. The van der Waals surface area contributed by atoms with E-state index < -0.39 is 28.5 Å². The summed E-state index contributed by atoms with van der Waals surface area (Å²) in [7, 11) is -3.90. The van der Waals surface area contributed by atoms with Crippen LogP contribution >= 0.6 is 39.1 Å². The van der Waals surface area contributed by atoms with Crippen LogP contribution in [0.2, 0.25) is 10.0 Å². The minimum absolute atomic E-state index is 0.0277. The molecule has 7 nitrogen and oxygen atoms in total. The smallest absolute Gasteiger partial charge is 0.244 e. The Labute approximate surface area is 231 Å². The lowest BCUT2D eigenvalue weighted by atomic mass is 9.95. The molecule has 0 bridgehead atoms. The molecular weight excluding hydrogens is 589 g/mol. The van der Waals surface area contributed by atoms with Crippen molar-refractivity contribution in [2.45, 2.75) is 57.7 Å². The van der Waals surface area contributed by atoms with Crippen LogP contribution in [0.4, 0.5) is 5.69 Å². The predicted molar refractivity (Wildman–Crippen MR) is 148 cm³/mol. The van der Waals surface area contributed by atoms with Crippen LogP contribution in [0.5, 0.6) is 0 Å². The Morgan fingerprint density at radius 3 is 2.33 bits per heavy atom. The Morgan fingerprint density at radius 1 is 1.08 bits per heavy atom. The molecule has 36 heavy (non-hydrogen) atoms. The third-order valence-electron chi connectivity index (χ3n) is 6.26. The molecule has 0 heterocycles. The van der Waals surface area contributed by atoms with Crippen LogP contribution in [0.15, 0.2) is 46.9 Å². The highest BCUT2D eigenvalue weighted by Gasteiger charge is 2.32. The van der Waals surface area contributed by atoms with Crippen molar-refractivity contribution < 1.29 is 18.0 Å². The van der Waals surface area contributed by atoms with Crippen LogP contribution in [-0.2, 0) is 26.2 Å². The highest BCUT2D eigenvalue weighted by Crippen LogP contribution is 2.33. The standard InChI is InChI=1S/C25H30BrCl2N3O4S/c1-17(25(33)29-20-7-4-3-5-8-20)30(15-18-11-13-19(26)14-12-18)23(32)16-31(36(2,34)35)22-10-6-9-21(27)24(22)28/h6,9-14,17,20H,3-5,7-8,15-16H2,1-2H3,(H,29,33). The number of nitrogens with one attached hydrogen (secondary N) is 1. The van der Waals surface area contributed by atoms with E-state index in [0.29, 0.717) is 0 Å². The number of rotatable bonds is 9. The van der Waals surface area contributed by atoms with Crippen molar-refractivity contribution in [3.8, 4) is 0 Å². The Hall–Kier alpha value is -1.81. The Balaban J connectivity index is 1.89. The molecule has 2 aromatic rings. The molecule has 11 heteroatoms. The van der Waals surface area contributed by atoms with Gasteiger partial charge >= 0.3 is 0 Å². The van der Waals surface area contributed by atoms with E-state index in [2.05, 4.69) is 21.2 Å². The van der Waals surface area contributed by atoms with Gasteiger partial charge in [-0.15, -0.1) is 0 Å². The molecule has 1 saturated carbocycles. The van der Waals surface area contributed by atoms with Crippen LogP contribution in [0.25, 0.3) is 0 Å². The molecule has 1 aliphatic rings. The first kappa shape index (κ1) is 28.8. The molecule has 2 aromatic carbocycles. The molecular formula is C25H30BrCl2N3O4S. The zero-order valence-electron chi connectivity index (χ0n) is 20.2. The molecule has 0 aromatic heterocycles. The molecule has 2 amide bonds. The minimum Gasteiger partial charge on any atom is -0.352 e. The number of halogens is 3. The molecule has 1 atom stereocenters. The molecule has 196 valence electrons. The lowest BCUT2D eigenvalue weighted by Gasteiger charge is -2.33. The number of sulfonamides is 1. The average molecular weight is 619 g/mol. The van der Waals surface area contributed by atoms with Crippen LogP contribution in [0.1, 0.15) is 44.6 Å². The van der Waals surface area contributed by atoms with Crippen molar-refractivity contribution in [3.63, 3.8) is 0 Å². The van der Waals surface area contributed by atoms with Crippen molar-refractivity contribution in [1.29, 1.82) is 0 Å². The maximum Gasteiger partial charge on any atom is 0.244 e. The third-order valence-corrected chi connectivity index (χ3v) is 8.73. The van der Waals surface area contributed by atoms with Gasteiger partial charge in [0, 0.05) is 17.1 Å². The molecule has 0 aliphatic heterocycles. The number of nitrogens with zero attached hydrogens (tertiary/aromatic N) is 2. The van der Waals surface area contributed by atoms with Crippen LogP contribution in [-0.4, -0.2) is 50.0 Å². The highest BCUT2D eigenvalue weighted by atomic mass is 79.9. The Kier molecular flexibility index (Phi) is 10.1. The van der Waals surface area contributed by atoms with E-state index in [1.165, 1.54) is 17.0 Å². The fourth-order valence-corrected chi connectivity index (χ4v) is 5.78. The summed E-state index contributed by atoms with van der Waals surface area (Å²) in [6.45, 7) is 1.26. The lowest BCUT2D eigenvalue weighted by Crippen LogP contribution is -2.53. The van der Waals surface area contributed by atoms with Crippen molar-refractivity contribution in [1.82, 2.24) is 10.2 Å². The Bertz CT molecular complexity index is 1190. The van der Waals surface area contributed by atoms with Crippen LogP contribution in [0, 0.1) is 0 Å². The highest BCUT2D eigenvalue weighted by molar-refractivity contribution is 9.10. The number of hydrogen-bond acceptors (Lipinski definition) is 4. The average Bonchev–Trinajstić information content (AvgIpc) is 2.83. The largest absolute Gasteiger partial charge is 0.352 e. The SMILES string of the molecule is CC(C(=O)NC1CCCCC1)N(Cc1ccc(Br)cc1)C(=O)CN(c1cccc(Cl)c1Cl)S(C)(=O)=O. The summed E-state index contributed by atoms with van der Waals surface area (Å²) in [5.74, 6) is -0.801. The van der Waals surface area contributed by atoms with E-state index in [1.807, 2.05) is 24.3 Å². The Morgan fingerprint density at radius 2 is 1.72 bits per heavy atom. The van der Waals surface area contributed by atoms with Crippen molar-refractivity contribution in [3.05, 3.63) is 62.5 Å². The summed E-state index contributed by atoms with van der Waals surface area (Å²) in [5.41, 5.74) is 0.901. The molecule has 3 rings (SSSR count). The van der Waals surface area contributed by atoms with E-state index >= 15 is 0 Å². The maximum absolute atomic E-state index is 13.6. The van der Waals surface area contributed by atoms with Gasteiger partial charge in [0.1, 0.15) is 12.6 Å². The van der Waals surface area contributed by atoms with Gasteiger partial charge in [0.15, 0.2) is 0 Å². The fraction of sp³-hybridized carbons (Fsp3) is 0.440. The first-order chi connectivity index (χ1) is 17.0. The monoisotopic (exact) mass is 617 g/mol. The molecule has 1 fully saturated rings. The molecule has 1 N–H and O–H groups in total. The van der Waals surface area contributed by atoms with Gasteiger partial charge in [-0.05, 0) is 49.6 Å². The number of amides is 2. The number of benzene rings is 2. The number of hydrogen-bond donors (Lipinski definition) is 1.